The highest BCUT2D eigenvalue weighted by Gasteiger charge is 2.11. The maximum absolute atomic E-state index is 11.4. The van der Waals surface area contributed by atoms with Crippen LogP contribution in [0, 0.1) is 0 Å². The minimum atomic E-state index is -3.61. The van der Waals surface area contributed by atoms with Crippen molar-refractivity contribution in [1.29, 1.82) is 0 Å². The second kappa shape index (κ2) is 6.33. The Kier molecular flexibility index (Phi) is 5.08. The van der Waals surface area contributed by atoms with E-state index in [-0.39, 0.29) is 5.75 Å². The Morgan fingerprint density at radius 3 is 2.53 bits per heavy atom. The number of nitrogens with one attached hydrogen (secondary N) is 1. The number of hydrogen-bond donors (Lipinski definition) is 2. The fourth-order valence-corrected chi connectivity index (χ4v) is 1.95. The predicted octanol–water partition coefficient (Wildman–Crippen LogP) is 0.165. The number of carboxylic acid groups (broad SMARTS) is 1. The molecular weight excluding hydrogens is 246 g/mol. The molecule has 0 heterocycles. The molecule has 0 atom stereocenters. The smallest absolute Gasteiger partial charge is 0.331 e. The van der Waals surface area contributed by atoms with E-state index in [1.165, 1.54) is 0 Å². The second-order valence-electron chi connectivity index (χ2n) is 3.32. The largest absolute Gasteiger partial charge is 0.479 e. The summed E-state index contributed by atoms with van der Waals surface area (Å²) in [6.45, 7) is -0.704. The highest BCUT2D eigenvalue weighted by Crippen LogP contribution is 2.01. The molecule has 0 saturated carbocycles. The molecule has 0 saturated heterocycles. The first-order valence-electron chi connectivity index (χ1n) is 4.86. The van der Waals surface area contributed by atoms with Crippen molar-refractivity contribution >= 4 is 16.0 Å². The van der Waals surface area contributed by atoms with Gasteiger partial charge in [0.2, 0.25) is 10.0 Å². The molecule has 0 aliphatic heterocycles. The van der Waals surface area contributed by atoms with Crippen molar-refractivity contribution in [2.45, 2.75) is 6.42 Å². The van der Waals surface area contributed by atoms with Gasteiger partial charge in [-0.25, -0.2) is 13.2 Å². The summed E-state index contributed by atoms with van der Waals surface area (Å²) in [5.74, 6) is -1.40. The van der Waals surface area contributed by atoms with Crippen molar-refractivity contribution in [3.8, 4) is 0 Å². The van der Waals surface area contributed by atoms with Crippen LogP contribution in [0.3, 0.4) is 0 Å². The first-order valence-corrected chi connectivity index (χ1v) is 6.52. The van der Waals surface area contributed by atoms with Gasteiger partial charge in [-0.3, -0.25) is 4.84 Å². The molecule has 7 heteroatoms. The zero-order valence-corrected chi connectivity index (χ0v) is 9.81. The van der Waals surface area contributed by atoms with E-state index in [4.69, 9.17) is 5.11 Å². The lowest BCUT2D eigenvalue weighted by Gasteiger charge is -2.05. The number of carboxylic acids is 1. The van der Waals surface area contributed by atoms with Crippen LogP contribution in [0.1, 0.15) is 5.56 Å². The van der Waals surface area contributed by atoms with Gasteiger partial charge in [0, 0.05) is 0 Å². The molecule has 0 amide bonds. The van der Waals surface area contributed by atoms with E-state index in [9.17, 15) is 13.2 Å². The summed E-state index contributed by atoms with van der Waals surface area (Å²) in [4.78, 5) is 16.2. The first-order chi connectivity index (χ1) is 7.99. The SMILES string of the molecule is O=C(O)CONS(=O)(=O)CCc1ccccc1. The van der Waals surface area contributed by atoms with Gasteiger partial charge in [-0.1, -0.05) is 35.2 Å². The third-order valence-corrected chi connectivity index (χ3v) is 3.00. The molecule has 1 aromatic carbocycles. The zero-order valence-electron chi connectivity index (χ0n) is 9.00. The molecule has 1 aromatic rings. The van der Waals surface area contributed by atoms with Gasteiger partial charge < -0.3 is 5.11 Å². The normalized spacial score (nSPS) is 11.3. The molecule has 0 aromatic heterocycles. The Hall–Kier alpha value is -1.44. The van der Waals surface area contributed by atoms with E-state index in [0.29, 0.717) is 6.42 Å². The molecule has 1 rings (SSSR count). The second-order valence-corrected chi connectivity index (χ2v) is 5.12. The molecule has 17 heavy (non-hydrogen) atoms. The van der Waals surface area contributed by atoms with Gasteiger partial charge in [0.1, 0.15) is 0 Å². The lowest BCUT2D eigenvalue weighted by Crippen LogP contribution is -2.29. The Labute approximate surface area is 99.2 Å². The van der Waals surface area contributed by atoms with E-state index < -0.39 is 22.6 Å². The van der Waals surface area contributed by atoms with Crippen LogP contribution in [0.4, 0.5) is 0 Å². The molecule has 0 aliphatic rings. The van der Waals surface area contributed by atoms with Crippen molar-refractivity contribution in [2.75, 3.05) is 12.4 Å². The monoisotopic (exact) mass is 259 g/mol. The highest BCUT2D eigenvalue weighted by atomic mass is 32.2. The molecule has 94 valence electrons. The van der Waals surface area contributed by atoms with Crippen LogP contribution in [0.15, 0.2) is 30.3 Å². The molecule has 0 bridgehead atoms. The molecule has 2 N–H and O–H groups in total. The zero-order chi connectivity index (χ0) is 12.7. The average molecular weight is 259 g/mol. The lowest BCUT2D eigenvalue weighted by atomic mass is 10.2. The average Bonchev–Trinajstić information content (AvgIpc) is 2.27. The highest BCUT2D eigenvalue weighted by molar-refractivity contribution is 7.89. The van der Waals surface area contributed by atoms with Crippen LogP contribution >= 0.6 is 0 Å². The van der Waals surface area contributed by atoms with Gasteiger partial charge in [0.15, 0.2) is 6.61 Å². The fourth-order valence-electron chi connectivity index (χ4n) is 1.12. The number of aryl methyl sites for hydroxylation is 1. The number of carbonyl (C=O) groups is 1. The number of benzene rings is 1. The van der Waals surface area contributed by atoms with Gasteiger partial charge in [-0.15, -0.1) is 0 Å². The van der Waals surface area contributed by atoms with E-state index in [1.807, 2.05) is 30.3 Å². The quantitative estimate of drug-likeness (QED) is 0.681. The van der Waals surface area contributed by atoms with E-state index in [2.05, 4.69) is 4.84 Å². The van der Waals surface area contributed by atoms with Gasteiger partial charge in [0.25, 0.3) is 0 Å². The van der Waals surface area contributed by atoms with Gasteiger partial charge >= 0.3 is 5.97 Å². The molecule has 0 spiro atoms. The van der Waals surface area contributed by atoms with Crippen LogP contribution in [0.25, 0.3) is 0 Å². The van der Waals surface area contributed by atoms with E-state index >= 15 is 0 Å². The van der Waals surface area contributed by atoms with Crippen LogP contribution in [-0.4, -0.2) is 31.9 Å². The number of hydrogen-bond acceptors (Lipinski definition) is 4. The summed E-state index contributed by atoms with van der Waals surface area (Å²) < 4.78 is 22.7. The predicted molar refractivity (Wildman–Crippen MR) is 60.7 cm³/mol. The fraction of sp³-hybridized carbons (Fsp3) is 0.300. The summed E-state index contributed by atoms with van der Waals surface area (Å²) in [5, 5.41) is 8.26. The summed E-state index contributed by atoms with van der Waals surface area (Å²) in [7, 11) is -3.61. The van der Waals surface area contributed by atoms with Crippen molar-refractivity contribution in [3.05, 3.63) is 35.9 Å². The Balaban J connectivity index is 2.37. The molecular formula is C10H13NO5S. The third-order valence-electron chi connectivity index (χ3n) is 1.88. The third kappa shape index (κ3) is 6.00. The maximum atomic E-state index is 11.4. The van der Waals surface area contributed by atoms with Crippen LogP contribution in [0.5, 0.6) is 0 Å². The Morgan fingerprint density at radius 2 is 1.94 bits per heavy atom. The van der Waals surface area contributed by atoms with E-state index in [0.717, 1.165) is 5.56 Å². The van der Waals surface area contributed by atoms with Crippen molar-refractivity contribution in [1.82, 2.24) is 4.89 Å². The van der Waals surface area contributed by atoms with Crippen molar-refractivity contribution < 1.29 is 23.2 Å². The standard InChI is InChI=1S/C10H13NO5S/c12-10(13)8-16-11-17(14,15)7-6-9-4-2-1-3-5-9/h1-5,11H,6-8H2,(H,12,13). The van der Waals surface area contributed by atoms with Crippen LogP contribution in [-0.2, 0) is 26.1 Å². The summed E-state index contributed by atoms with van der Waals surface area (Å²) in [6.07, 6.45) is 0.340. The molecule has 0 unspecified atom stereocenters. The number of aliphatic carboxylic acids is 1. The minimum absolute atomic E-state index is 0.156. The Bertz CT molecular complexity index is 457. The van der Waals surface area contributed by atoms with Crippen molar-refractivity contribution in [2.24, 2.45) is 0 Å². The topological polar surface area (TPSA) is 92.7 Å². The van der Waals surface area contributed by atoms with Gasteiger partial charge in [-0.2, -0.15) is 0 Å². The molecule has 6 nitrogen and oxygen atoms in total. The van der Waals surface area contributed by atoms with E-state index in [1.54, 1.807) is 4.89 Å². The lowest BCUT2D eigenvalue weighted by molar-refractivity contribution is -0.143. The number of rotatable bonds is 7. The minimum Gasteiger partial charge on any atom is -0.479 e. The Morgan fingerprint density at radius 1 is 1.29 bits per heavy atom. The first kappa shape index (κ1) is 13.6. The molecule has 0 fully saturated rings. The van der Waals surface area contributed by atoms with Gasteiger partial charge in [-0.05, 0) is 12.0 Å². The van der Waals surface area contributed by atoms with Crippen molar-refractivity contribution in [3.63, 3.8) is 0 Å². The van der Waals surface area contributed by atoms with Gasteiger partial charge in [0.05, 0.1) is 5.75 Å². The summed E-state index contributed by atoms with van der Waals surface area (Å²) >= 11 is 0. The number of sulfonamides is 1. The summed E-state index contributed by atoms with van der Waals surface area (Å²) in [6, 6.07) is 9.10. The molecule has 0 radical (unpaired) electrons. The van der Waals surface area contributed by atoms with Crippen LogP contribution in [0.2, 0.25) is 0 Å². The summed E-state index contributed by atoms with van der Waals surface area (Å²) in [5.41, 5.74) is 0.885. The maximum Gasteiger partial charge on any atom is 0.331 e. The molecule has 0 aliphatic carbocycles. The van der Waals surface area contributed by atoms with Crippen LogP contribution < -0.4 is 4.89 Å².